The Balaban J connectivity index is 1.06. The minimum absolute atomic E-state index is 0.389. The molecule has 8 heteroatoms. The molecule has 0 aliphatic heterocycles. The third-order valence-corrected chi connectivity index (χ3v) is 7.14. The van der Waals surface area contributed by atoms with Crippen molar-refractivity contribution in [1.29, 1.82) is 0 Å². The summed E-state index contributed by atoms with van der Waals surface area (Å²) in [6, 6.07) is 38.8. The molecule has 0 amide bonds. The van der Waals surface area contributed by atoms with Crippen molar-refractivity contribution in [3.63, 3.8) is 0 Å². The largest absolute Gasteiger partial charge is 0.489 e. The molecule has 0 N–H and O–H groups in total. The molecule has 0 aliphatic carbocycles. The van der Waals surface area contributed by atoms with E-state index in [1.807, 2.05) is 121 Å². The molecular weight excluding hydrogens is 572 g/mol. The minimum atomic E-state index is 0.389. The van der Waals surface area contributed by atoms with Gasteiger partial charge in [0, 0.05) is 49.1 Å². The van der Waals surface area contributed by atoms with Gasteiger partial charge in [-0.3, -0.25) is 19.9 Å². The molecule has 0 aliphatic rings. The average Bonchev–Trinajstić information content (AvgIpc) is 3.15. The topological polar surface area (TPSA) is 95.8 Å². The lowest BCUT2D eigenvalue weighted by Gasteiger charge is -2.12. The van der Waals surface area contributed by atoms with E-state index < -0.39 is 0 Å². The predicted octanol–water partition coefficient (Wildman–Crippen LogP) is 7.88. The maximum absolute atomic E-state index is 6.25. The first-order valence-electron chi connectivity index (χ1n) is 14.8. The zero-order valence-electron chi connectivity index (χ0n) is 24.8. The number of ether oxygens (including phenoxy) is 2. The molecule has 0 saturated carbocycles. The summed E-state index contributed by atoms with van der Waals surface area (Å²) in [7, 11) is 0. The van der Waals surface area contributed by atoms with Crippen molar-refractivity contribution >= 4 is 0 Å². The summed E-state index contributed by atoms with van der Waals surface area (Å²) in [6.45, 7) is 0.777. The minimum Gasteiger partial charge on any atom is -0.489 e. The van der Waals surface area contributed by atoms with Gasteiger partial charge in [-0.2, -0.15) is 0 Å². The van der Waals surface area contributed by atoms with Crippen LogP contribution in [0.1, 0.15) is 11.1 Å². The Kier molecular flexibility index (Phi) is 8.40. The molecule has 0 spiro atoms. The maximum Gasteiger partial charge on any atom is 0.124 e. The molecule has 0 saturated heterocycles. The van der Waals surface area contributed by atoms with Crippen LogP contribution < -0.4 is 9.47 Å². The molecule has 6 aromatic heterocycles. The molecule has 46 heavy (non-hydrogen) atoms. The highest BCUT2D eigenvalue weighted by Crippen LogP contribution is 2.29. The van der Waals surface area contributed by atoms with E-state index in [1.54, 1.807) is 24.8 Å². The Morgan fingerprint density at radius 1 is 0.348 bits per heavy atom. The fourth-order valence-electron chi connectivity index (χ4n) is 4.82. The second-order valence-electron chi connectivity index (χ2n) is 10.4. The van der Waals surface area contributed by atoms with Gasteiger partial charge in [0.15, 0.2) is 0 Å². The van der Waals surface area contributed by atoms with Crippen molar-refractivity contribution in [2.24, 2.45) is 0 Å². The third kappa shape index (κ3) is 6.92. The zero-order valence-corrected chi connectivity index (χ0v) is 24.8. The summed E-state index contributed by atoms with van der Waals surface area (Å²) < 4.78 is 12.5. The van der Waals surface area contributed by atoms with E-state index in [9.17, 15) is 0 Å². The van der Waals surface area contributed by atoms with Gasteiger partial charge in [-0.25, -0.2) is 9.97 Å². The van der Waals surface area contributed by atoms with E-state index in [0.717, 1.165) is 56.7 Å². The summed E-state index contributed by atoms with van der Waals surface area (Å²) in [4.78, 5) is 27.5. The number of nitrogens with zero attached hydrogens (tertiary/aromatic N) is 6. The molecule has 8 nitrogen and oxygen atoms in total. The Labute approximate surface area is 266 Å². The second kappa shape index (κ2) is 13.6. The van der Waals surface area contributed by atoms with E-state index in [0.29, 0.717) is 24.7 Å². The first-order valence-corrected chi connectivity index (χ1v) is 14.8. The maximum atomic E-state index is 6.25. The SMILES string of the molecule is c1ccc(-c2cc(OCc3ccc(COc4cc(-c5ccccn5)nc(-c5ccccn5)c4)cc3)cc(-c3ccccn3)n2)nc1. The van der Waals surface area contributed by atoms with Crippen LogP contribution in [0.5, 0.6) is 11.5 Å². The number of hydrogen-bond acceptors (Lipinski definition) is 8. The lowest BCUT2D eigenvalue weighted by molar-refractivity contribution is 0.302. The number of aromatic nitrogens is 6. The lowest BCUT2D eigenvalue weighted by Crippen LogP contribution is -2.00. The number of benzene rings is 1. The Hall–Kier alpha value is -6.28. The van der Waals surface area contributed by atoms with Gasteiger partial charge in [0.1, 0.15) is 24.7 Å². The van der Waals surface area contributed by atoms with Crippen LogP contribution in [0.2, 0.25) is 0 Å². The smallest absolute Gasteiger partial charge is 0.124 e. The van der Waals surface area contributed by atoms with Gasteiger partial charge in [-0.1, -0.05) is 48.5 Å². The van der Waals surface area contributed by atoms with Gasteiger partial charge in [0.2, 0.25) is 0 Å². The molecule has 1 aromatic carbocycles. The Morgan fingerprint density at radius 2 is 0.652 bits per heavy atom. The van der Waals surface area contributed by atoms with E-state index in [4.69, 9.17) is 19.4 Å². The highest BCUT2D eigenvalue weighted by molar-refractivity contribution is 5.65. The number of pyridine rings is 6. The molecule has 0 radical (unpaired) electrons. The van der Waals surface area contributed by atoms with E-state index in [-0.39, 0.29) is 0 Å². The normalized spacial score (nSPS) is 10.8. The van der Waals surface area contributed by atoms with Crippen molar-refractivity contribution < 1.29 is 9.47 Å². The van der Waals surface area contributed by atoms with Gasteiger partial charge in [-0.15, -0.1) is 0 Å². The fourth-order valence-corrected chi connectivity index (χ4v) is 4.82. The highest BCUT2D eigenvalue weighted by Gasteiger charge is 2.12. The number of rotatable bonds is 10. The van der Waals surface area contributed by atoms with Crippen molar-refractivity contribution in [1.82, 2.24) is 29.9 Å². The van der Waals surface area contributed by atoms with Crippen LogP contribution in [-0.2, 0) is 13.2 Å². The van der Waals surface area contributed by atoms with Crippen LogP contribution in [-0.4, -0.2) is 29.9 Å². The Bertz CT molecular complexity index is 1760. The fraction of sp³-hybridized carbons (Fsp3) is 0.0526. The van der Waals surface area contributed by atoms with Gasteiger partial charge in [-0.05, 0) is 59.7 Å². The summed E-state index contributed by atoms with van der Waals surface area (Å²) in [6.07, 6.45) is 7.01. The third-order valence-electron chi connectivity index (χ3n) is 7.14. The van der Waals surface area contributed by atoms with E-state index in [1.165, 1.54) is 0 Å². The van der Waals surface area contributed by atoms with Crippen LogP contribution >= 0.6 is 0 Å². The number of hydrogen-bond donors (Lipinski definition) is 0. The summed E-state index contributed by atoms with van der Waals surface area (Å²) in [5.41, 5.74) is 8.01. The van der Waals surface area contributed by atoms with E-state index in [2.05, 4.69) is 19.9 Å². The molecule has 0 unspecified atom stereocenters. The zero-order chi connectivity index (χ0) is 31.0. The molecule has 0 atom stereocenters. The molecule has 222 valence electrons. The van der Waals surface area contributed by atoms with Crippen molar-refractivity contribution in [2.45, 2.75) is 13.2 Å². The van der Waals surface area contributed by atoms with Gasteiger partial charge < -0.3 is 9.47 Å². The Morgan fingerprint density at radius 3 is 0.913 bits per heavy atom. The van der Waals surface area contributed by atoms with Crippen LogP contribution in [0, 0.1) is 0 Å². The lowest BCUT2D eigenvalue weighted by atomic mass is 10.1. The molecule has 7 rings (SSSR count). The van der Waals surface area contributed by atoms with Crippen molar-refractivity contribution in [3.8, 4) is 57.1 Å². The summed E-state index contributed by atoms with van der Waals surface area (Å²) in [5.74, 6) is 1.38. The van der Waals surface area contributed by atoms with Crippen molar-refractivity contribution in [2.75, 3.05) is 0 Å². The molecule has 6 heterocycles. The standard InChI is InChI=1S/C38H28N6O2/c1-5-17-39-31(9-1)35-21-29(22-36(43-35)32-10-2-6-18-40-32)45-25-27-13-15-28(16-14-27)26-46-30-23-37(33-11-3-7-19-41-33)44-38(24-30)34-12-4-8-20-42-34/h1-24H,25-26H2. The van der Waals surface area contributed by atoms with E-state index >= 15 is 0 Å². The van der Waals surface area contributed by atoms with Gasteiger partial charge in [0.05, 0.1) is 45.6 Å². The van der Waals surface area contributed by atoms with Crippen LogP contribution in [0.3, 0.4) is 0 Å². The second-order valence-corrected chi connectivity index (χ2v) is 10.4. The van der Waals surface area contributed by atoms with Gasteiger partial charge in [0.25, 0.3) is 0 Å². The molecule has 0 fully saturated rings. The monoisotopic (exact) mass is 600 g/mol. The summed E-state index contributed by atoms with van der Waals surface area (Å²) >= 11 is 0. The highest BCUT2D eigenvalue weighted by atomic mass is 16.5. The first kappa shape index (κ1) is 28.5. The van der Waals surface area contributed by atoms with Crippen LogP contribution in [0.25, 0.3) is 45.6 Å². The van der Waals surface area contributed by atoms with Gasteiger partial charge >= 0.3 is 0 Å². The molecule has 0 bridgehead atoms. The molecular formula is C38H28N6O2. The van der Waals surface area contributed by atoms with Crippen LogP contribution in [0.4, 0.5) is 0 Å². The predicted molar refractivity (Wildman–Crippen MR) is 177 cm³/mol. The van der Waals surface area contributed by atoms with Crippen LogP contribution in [0.15, 0.2) is 146 Å². The average molecular weight is 601 g/mol. The summed E-state index contributed by atoms with van der Waals surface area (Å²) in [5, 5.41) is 0. The molecule has 7 aromatic rings. The van der Waals surface area contributed by atoms with Crippen molar-refractivity contribution in [3.05, 3.63) is 157 Å². The quantitative estimate of drug-likeness (QED) is 0.156. The first-order chi connectivity index (χ1) is 22.8.